The fraction of sp³-hybridized carbons (Fsp3) is 0.458. The second kappa shape index (κ2) is 10.8. The largest absolute Gasteiger partial charge is 0.443 e. The second-order valence-electron chi connectivity index (χ2n) is 9.51. The van der Waals surface area contributed by atoms with Gasteiger partial charge in [-0.25, -0.2) is 15.7 Å². The number of carbonyl (C=O) groups is 3. The summed E-state index contributed by atoms with van der Waals surface area (Å²) in [6.07, 6.45) is 1.37. The number of halogens is 1. The molecule has 0 fully saturated rings. The van der Waals surface area contributed by atoms with E-state index in [1.54, 1.807) is 39.0 Å². The van der Waals surface area contributed by atoms with E-state index >= 15 is 0 Å². The van der Waals surface area contributed by atoms with E-state index in [1.165, 1.54) is 16.8 Å². The van der Waals surface area contributed by atoms with Gasteiger partial charge in [-0.15, -0.1) is 0 Å². The molecule has 8 nitrogen and oxygen atoms in total. The van der Waals surface area contributed by atoms with Crippen molar-refractivity contribution in [1.29, 1.82) is 0 Å². The maximum absolute atomic E-state index is 13.5. The van der Waals surface area contributed by atoms with Crippen LogP contribution in [0.15, 0.2) is 46.5 Å². The van der Waals surface area contributed by atoms with Crippen LogP contribution >= 0.6 is 23.4 Å². The Morgan fingerprint density at radius 1 is 1.24 bits per heavy atom. The second-order valence-corrected chi connectivity index (χ2v) is 10.9. The number of hydroxylamine groups is 1. The van der Waals surface area contributed by atoms with Crippen LogP contribution in [0.2, 0.25) is 5.02 Å². The van der Waals surface area contributed by atoms with Crippen LogP contribution in [-0.4, -0.2) is 40.9 Å². The molecule has 0 saturated carbocycles. The summed E-state index contributed by atoms with van der Waals surface area (Å²) in [4.78, 5) is 44.7. The molecule has 0 spiro atoms. The van der Waals surface area contributed by atoms with Crippen molar-refractivity contribution in [2.24, 2.45) is 11.8 Å². The van der Waals surface area contributed by atoms with Crippen LogP contribution in [0.5, 0.6) is 0 Å². The number of hydrazine groups is 1. The molecule has 0 radical (unpaired) electrons. The molecule has 1 aliphatic heterocycles. The highest BCUT2D eigenvalue weighted by Gasteiger charge is 2.40. The first kappa shape index (κ1) is 26.1. The topological polar surface area (TPSA) is 97.0 Å². The van der Waals surface area contributed by atoms with E-state index in [0.29, 0.717) is 28.5 Å². The van der Waals surface area contributed by atoms with Crippen molar-refractivity contribution in [3.8, 4) is 0 Å². The van der Waals surface area contributed by atoms with Crippen LogP contribution in [0, 0.1) is 11.8 Å². The maximum Gasteiger partial charge on any atom is 0.426 e. The Hall–Kier alpha value is -2.49. The molecule has 1 unspecified atom stereocenters. The summed E-state index contributed by atoms with van der Waals surface area (Å²) in [6, 6.07) is 7.21. The number of Topliss-reactive ketones (excluding diaryl/α,β-unsaturated/α-hetero) is 1. The minimum Gasteiger partial charge on any atom is -0.443 e. The van der Waals surface area contributed by atoms with Gasteiger partial charge in [0.15, 0.2) is 5.78 Å². The average molecular weight is 508 g/mol. The summed E-state index contributed by atoms with van der Waals surface area (Å²) in [5.74, 6) is -0.726. The van der Waals surface area contributed by atoms with Gasteiger partial charge in [0.25, 0.3) is 5.91 Å². The van der Waals surface area contributed by atoms with E-state index in [2.05, 4.69) is 10.9 Å². The van der Waals surface area contributed by atoms with Crippen LogP contribution in [0.3, 0.4) is 0 Å². The standard InChI is InChI=1S/C24H30ClN3O5S/c1-14(2)12-32-27-22(30)18-11-16(10-15-6-8-17(25)9-7-15)20(29)19-21(18)34-13-28(19)26-23(31)33-24(3,4)5/h6-9,11,14,16H,10,12-13H2,1-5H3,(H,26,31)(H,27,30). The van der Waals surface area contributed by atoms with Gasteiger partial charge in [-0.3, -0.25) is 19.4 Å². The molecular weight excluding hydrogens is 478 g/mol. The molecule has 10 heteroatoms. The first-order valence-corrected chi connectivity index (χ1v) is 12.4. The summed E-state index contributed by atoms with van der Waals surface area (Å²) in [5, 5.41) is 2.04. The molecule has 2 aliphatic rings. The number of thioether (sulfide) groups is 1. The summed E-state index contributed by atoms with van der Waals surface area (Å²) in [5.41, 5.74) is 5.93. The van der Waals surface area contributed by atoms with Gasteiger partial charge in [0.2, 0.25) is 0 Å². The van der Waals surface area contributed by atoms with Crippen molar-refractivity contribution in [3.05, 3.63) is 57.1 Å². The first-order valence-electron chi connectivity index (χ1n) is 11.0. The number of carbonyl (C=O) groups excluding carboxylic acids is 3. The van der Waals surface area contributed by atoms with Gasteiger partial charge in [-0.2, -0.15) is 0 Å². The lowest BCUT2D eigenvalue weighted by atomic mass is 9.87. The van der Waals surface area contributed by atoms with Gasteiger partial charge in [0.1, 0.15) is 11.3 Å². The predicted octanol–water partition coefficient (Wildman–Crippen LogP) is 4.37. The molecule has 1 aromatic carbocycles. The van der Waals surface area contributed by atoms with Crippen molar-refractivity contribution < 1.29 is 24.0 Å². The van der Waals surface area contributed by atoms with Crippen LogP contribution in [0.1, 0.15) is 40.2 Å². The molecule has 1 aliphatic carbocycles. The Bertz CT molecular complexity index is 1010. The number of hydrogen-bond acceptors (Lipinski definition) is 7. The molecule has 3 rings (SSSR count). The number of hydrogen-bond donors (Lipinski definition) is 2. The number of nitrogens with zero attached hydrogens (tertiary/aromatic N) is 1. The van der Waals surface area contributed by atoms with Gasteiger partial charge in [-0.1, -0.05) is 55.4 Å². The number of rotatable bonds is 7. The zero-order valence-electron chi connectivity index (χ0n) is 19.9. The van der Waals surface area contributed by atoms with Crippen molar-refractivity contribution in [1.82, 2.24) is 15.9 Å². The van der Waals surface area contributed by atoms with Gasteiger partial charge >= 0.3 is 6.09 Å². The highest BCUT2D eigenvalue weighted by molar-refractivity contribution is 8.03. The van der Waals surface area contributed by atoms with E-state index in [4.69, 9.17) is 21.2 Å². The minimum atomic E-state index is -0.694. The number of ether oxygens (including phenoxy) is 1. The zero-order chi connectivity index (χ0) is 25.0. The van der Waals surface area contributed by atoms with Crippen molar-refractivity contribution >= 4 is 41.1 Å². The average Bonchev–Trinajstić information content (AvgIpc) is 3.13. The molecule has 34 heavy (non-hydrogen) atoms. The highest BCUT2D eigenvalue weighted by Crippen LogP contribution is 2.42. The molecule has 184 valence electrons. The smallest absolute Gasteiger partial charge is 0.426 e. The molecular formula is C24H30ClN3O5S. The quantitative estimate of drug-likeness (QED) is 0.529. The fourth-order valence-corrected chi connectivity index (χ4v) is 4.64. The Morgan fingerprint density at radius 2 is 1.91 bits per heavy atom. The monoisotopic (exact) mass is 507 g/mol. The molecule has 2 amide bonds. The Kier molecular flexibility index (Phi) is 8.33. The van der Waals surface area contributed by atoms with Crippen LogP contribution in [-0.2, 0) is 25.6 Å². The molecule has 0 saturated heterocycles. The first-order chi connectivity index (χ1) is 15.9. The fourth-order valence-electron chi connectivity index (χ4n) is 3.40. The summed E-state index contributed by atoms with van der Waals surface area (Å²) >= 11 is 7.29. The number of ketones is 1. The van der Waals surface area contributed by atoms with Crippen LogP contribution in [0.4, 0.5) is 4.79 Å². The van der Waals surface area contributed by atoms with Crippen molar-refractivity contribution in [2.45, 2.75) is 46.6 Å². The Labute approximate surface area is 209 Å². The van der Waals surface area contributed by atoms with Gasteiger partial charge in [0, 0.05) is 10.9 Å². The highest BCUT2D eigenvalue weighted by atomic mass is 35.5. The Balaban J connectivity index is 1.87. The summed E-state index contributed by atoms with van der Waals surface area (Å²) in [7, 11) is 0. The molecule has 1 aromatic rings. The van der Waals surface area contributed by atoms with Gasteiger partial charge < -0.3 is 4.74 Å². The van der Waals surface area contributed by atoms with E-state index in [0.717, 1.165) is 5.56 Å². The lowest BCUT2D eigenvalue weighted by Crippen LogP contribution is -2.45. The van der Waals surface area contributed by atoms with E-state index in [-0.39, 0.29) is 23.3 Å². The lowest BCUT2D eigenvalue weighted by molar-refractivity contribution is -0.130. The molecule has 2 N–H and O–H groups in total. The molecule has 0 aromatic heterocycles. The van der Waals surface area contributed by atoms with Crippen molar-refractivity contribution in [2.75, 3.05) is 12.5 Å². The summed E-state index contributed by atoms with van der Waals surface area (Å²) < 4.78 is 5.34. The minimum absolute atomic E-state index is 0.189. The Morgan fingerprint density at radius 3 is 2.53 bits per heavy atom. The van der Waals surface area contributed by atoms with E-state index < -0.39 is 23.5 Å². The van der Waals surface area contributed by atoms with Crippen LogP contribution < -0.4 is 10.9 Å². The number of allylic oxidation sites excluding steroid dienone is 2. The van der Waals surface area contributed by atoms with Gasteiger partial charge in [0.05, 0.1) is 23.0 Å². The third kappa shape index (κ3) is 6.77. The van der Waals surface area contributed by atoms with Crippen molar-refractivity contribution in [3.63, 3.8) is 0 Å². The van der Waals surface area contributed by atoms with Crippen LogP contribution in [0.25, 0.3) is 0 Å². The molecule has 0 bridgehead atoms. The van der Waals surface area contributed by atoms with E-state index in [1.807, 2.05) is 26.0 Å². The third-order valence-corrected chi connectivity index (χ3v) is 6.17. The number of nitrogens with one attached hydrogen (secondary N) is 2. The normalized spacial score (nSPS) is 18.1. The maximum atomic E-state index is 13.5. The lowest BCUT2D eigenvalue weighted by Gasteiger charge is -2.28. The number of benzene rings is 1. The van der Waals surface area contributed by atoms with Gasteiger partial charge in [-0.05, 0) is 50.8 Å². The molecule has 1 heterocycles. The van der Waals surface area contributed by atoms with E-state index in [9.17, 15) is 14.4 Å². The third-order valence-electron chi connectivity index (χ3n) is 4.83. The SMILES string of the molecule is CC(C)CONC(=O)C1=CC(Cc2ccc(Cl)cc2)C(=O)C2=C1SCN2NC(=O)OC(C)(C)C. The predicted molar refractivity (Wildman–Crippen MR) is 131 cm³/mol. The molecule has 1 atom stereocenters. The number of amides is 2. The summed E-state index contributed by atoms with van der Waals surface area (Å²) in [6.45, 7) is 9.57. The zero-order valence-corrected chi connectivity index (χ0v) is 21.5.